The predicted octanol–water partition coefficient (Wildman–Crippen LogP) is 0.755. The van der Waals surface area contributed by atoms with Crippen LogP contribution in [0.15, 0.2) is 23.2 Å². The topological polar surface area (TPSA) is 82.6 Å². The summed E-state index contributed by atoms with van der Waals surface area (Å²) in [5.74, 6) is 0.402. The van der Waals surface area contributed by atoms with E-state index in [-0.39, 0.29) is 10.8 Å². The molecule has 2 rings (SSSR count). The van der Waals surface area contributed by atoms with Crippen LogP contribution in [0.2, 0.25) is 0 Å². The number of hydrogen-bond donors (Lipinski definition) is 1. The van der Waals surface area contributed by atoms with E-state index < -0.39 is 16.1 Å². The lowest BCUT2D eigenvalue weighted by Gasteiger charge is -2.19. The van der Waals surface area contributed by atoms with Crippen LogP contribution in [-0.2, 0) is 14.8 Å². The van der Waals surface area contributed by atoms with Crippen molar-refractivity contribution in [2.24, 2.45) is 0 Å². The van der Waals surface area contributed by atoms with Crippen molar-refractivity contribution in [3.8, 4) is 0 Å². The zero-order valence-electron chi connectivity index (χ0n) is 13.1. The van der Waals surface area contributed by atoms with Crippen LogP contribution in [0.25, 0.3) is 0 Å². The Morgan fingerprint density at radius 2 is 1.95 bits per heavy atom. The number of sulfonamides is 1. The summed E-state index contributed by atoms with van der Waals surface area (Å²) < 4.78 is 26.2. The number of amides is 1. The Hall–Kier alpha value is -1.67. The van der Waals surface area contributed by atoms with Gasteiger partial charge in [0.05, 0.1) is 0 Å². The number of nitrogens with one attached hydrogen (secondary N) is 1. The molecule has 0 unspecified atom stereocenters. The van der Waals surface area contributed by atoms with E-state index in [4.69, 9.17) is 0 Å². The number of nitrogens with zero attached hydrogens (tertiary/aromatic N) is 3. The van der Waals surface area contributed by atoms with Crippen LogP contribution in [-0.4, -0.2) is 61.7 Å². The number of pyridine rings is 1. The van der Waals surface area contributed by atoms with Gasteiger partial charge in [-0.15, -0.1) is 0 Å². The van der Waals surface area contributed by atoms with E-state index in [0.29, 0.717) is 18.9 Å². The van der Waals surface area contributed by atoms with Crippen molar-refractivity contribution >= 4 is 21.7 Å². The van der Waals surface area contributed by atoms with Crippen LogP contribution in [0.5, 0.6) is 0 Å². The third-order valence-electron chi connectivity index (χ3n) is 3.61. The highest BCUT2D eigenvalue weighted by molar-refractivity contribution is 7.89. The zero-order chi connectivity index (χ0) is 16.3. The van der Waals surface area contributed by atoms with Crippen LogP contribution < -0.4 is 5.32 Å². The van der Waals surface area contributed by atoms with Gasteiger partial charge in [0.25, 0.3) is 0 Å². The van der Waals surface area contributed by atoms with Crippen molar-refractivity contribution < 1.29 is 13.2 Å². The molecule has 122 valence electrons. The maximum atomic E-state index is 12.4. The largest absolute Gasteiger partial charge is 0.359 e. The van der Waals surface area contributed by atoms with Crippen LogP contribution in [0.4, 0.5) is 5.82 Å². The highest BCUT2D eigenvalue weighted by atomic mass is 32.2. The van der Waals surface area contributed by atoms with Gasteiger partial charge in [-0.1, -0.05) is 0 Å². The van der Waals surface area contributed by atoms with Gasteiger partial charge >= 0.3 is 0 Å². The molecule has 1 fully saturated rings. The van der Waals surface area contributed by atoms with Gasteiger partial charge in [-0.2, -0.15) is 4.31 Å². The molecule has 1 aromatic rings. The van der Waals surface area contributed by atoms with Crippen LogP contribution in [0, 0.1) is 0 Å². The SMILES string of the molecule is C[C@H](Nc1ccc(S(=O)(=O)N2CCCC2)cn1)C(=O)N(C)C. The third-order valence-corrected chi connectivity index (χ3v) is 5.50. The van der Waals surface area contributed by atoms with E-state index in [2.05, 4.69) is 10.3 Å². The Balaban J connectivity index is 2.09. The van der Waals surface area contributed by atoms with Gasteiger partial charge in [0, 0.05) is 33.4 Å². The monoisotopic (exact) mass is 326 g/mol. The Morgan fingerprint density at radius 3 is 2.45 bits per heavy atom. The summed E-state index contributed by atoms with van der Waals surface area (Å²) in [5.41, 5.74) is 0. The lowest BCUT2D eigenvalue weighted by Crippen LogP contribution is -2.36. The van der Waals surface area contributed by atoms with Crippen molar-refractivity contribution in [2.75, 3.05) is 32.5 Å². The van der Waals surface area contributed by atoms with E-state index in [0.717, 1.165) is 12.8 Å². The molecule has 2 heterocycles. The molecule has 1 saturated heterocycles. The number of carbonyl (C=O) groups is 1. The van der Waals surface area contributed by atoms with Gasteiger partial charge < -0.3 is 10.2 Å². The quantitative estimate of drug-likeness (QED) is 0.863. The molecule has 1 aliphatic heterocycles. The van der Waals surface area contributed by atoms with Crippen LogP contribution >= 0.6 is 0 Å². The van der Waals surface area contributed by atoms with Gasteiger partial charge in [0.2, 0.25) is 15.9 Å². The second-order valence-electron chi connectivity index (χ2n) is 5.59. The number of anilines is 1. The second-order valence-corrected chi connectivity index (χ2v) is 7.53. The van der Waals surface area contributed by atoms with Gasteiger partial charge in [-0.3, -0.25) is 4.79 Å². The minimum atomic E-state index is -3.45. The number of carbonyl (C=O) groups excluding carboxylic acids is 1. The highest BCUT2D eigenvalue weighted by Crippen LogP contribution is 2.21. The second kappa shape index (κ2) is 6.62. The fraction of sp³-hybridized carbons (Fsp3) is 0.571. The van der Waals surface area contributed by atoms with E-state index in [1.54, 1.807) is 27.1 Å². The van der Waals surface area contributed by atoms with E-state index in [1.807, 2.05) is 0 Å². The lowest BCUT2D eigenvalue weighted by molar-refractivity contribution is -0.129. The summed E-state index contributed by atoms with van der Waals surface area (Å²) in [5, 5.41) is 2.96. The molecule has 1 aliphatic rings. The lowest BCUT2D eigenvalue weighted by atomic mass is 10.3. The van der Waals surface area contributed by atoms with Gasteiger partial charge in [0.1, 0.15) is 16.8 Å². The number of rotatable bonds is 5. The molecule has 0 bridgehead atoms. The zero-order valence-corrected chi connectivity index (χ0v) is 13.9. The molecule has 1 N–H and O–H groups in total. The first kappa shape index (κ1) is 16.7. The van der Waals surface area contributed by atoms with Gasteiger partial charge in [-0.25, -0.2) is 13.4 Å². The van der Waals surface area contributed by atoms with Gasteiger partial charge in [-0.05, 0) is 31.9 Å². The van der Waals surface area contributed by atoms with Crippen molar-refractivity contribution in [3.05, 3.63) is 18.3 Å². The normalized spacial score (nSPS) is 17.2. The summed E-state index contributed by atoms with van der Waals surface area (Å²) in [7, 11) is -0.0854. The Bertz CT molecular complexity index is 622. The maximum Gasteiger partial charge on any atom is 0.244 e. The minimum Gasteiger partial charge on any atom is -0.359 e. The summed E-state index contributed by atoms with van der Waals surface area (Å²) in [4.78, 5) is 17.6. The molecule has 0 spiro atoms. The Labute approximate surface area is 131 Å². The molecule has 1 atom stereocenters. The first-order valence-electron chi connectivity index (χ1n) is 7.26. The third kappa shape index (κ3) is 3.56. The highest BCUT2D eigenvalue weighted by Gasteiger charge is 2.27. The maximum absolute atomic E-state index is 12.4. The summed E-state index contributed by atoms with van der Waals surface area (Å²) in [6.07, 6.45) is 3.13. The van der Waals surface area contributed by atoms with E-state index in [9.17, 15) is 13.2 Å². The number of hydrogen-bond acceptors (Lipinski definition) is 5. The average Bonchev–Trinajstić information content (AvgIpc) is 3.01. The van der Waals surface area contributed by atoms with Crippen molar-refractivity contribution in [1.29, 1.82) is 0 Å². The van der Waals surface area contributed by atoms with E-state index in [1.165, 1.54) is 21.5 Å². The fourth-order valence-electron chi connectivity index (χ4n) is 2.37. The molecule has 7 nitrogen and oxygen atoms in total. The van der Waals surface area contributed by atoms with Crippen molar-refractivity contribution in [3.63, 3.8) is 0 Å². The standard InChI is InChI=1S/C14H22N4O3S/c1-11(14(19)17(2)3)16-13-7-6-12(10-15-13)22(20,21)18-8-4-5-9-18/h6-7,10-11H,4-5,8-9H2,1-3H3,(H,15,16)/t11-/m0/s1. The average molecular weight is 326 g/mol. The molecule has 1 aromatic heterocycles. The first-order valence-corrected chi connectivity index (χ1v) is 8.70. The van der Waals surface area contributed by atoms with Crippen LogP contribution in [0.1, 0.15) is 19.8 Å². The number of aromatic nitrogens is 1. The van der Waals surface area contributed by atoms with Crippen LogP contribution in [0.3, 0.4) is 0 Å². The first-order chi connectivity index (χ1) is 10.3. The summed E-state index contributed by atoms with van der Waals surface area (Å²) >= 11 is 0. The molecule has 1 amide bonds. The molecule has 8 heteroatoms. The van der Waals surface area contributed by atoms with Crippen molar-refractivity contribution in [1.82, 2.24) is 14.2 Å². The van der Waals surface area contributed by atoms with Crippen molar-refractivity contribution in [2.45, 2.75) is 30.7 Å². The van der Waals surface area contributed by atoms with E-state index >= 15 is 0 Å². The fourth-order valence-corrected chi connectivity index (χ4v) is 3.83. The molecular formula is C14H22N4O3S. The Kier molecular flexibility index (Phi) is 5.02. The Morgan fingerprint density at radius 1 is 1.32 bits per heavy atom. The van der Waals surface area contributed by atoms with Gasteiger partial charge in [0.15, 0.2) is 0 Å². The molecule has 0 aromatic carbocycles. The molecule has 0 radical (unpaired) electrons. The minimum absolute atomic E-state index is 0.0736. The molecule has 0 saturated carbocycles. The smallest absolute Gasteiger partial charge is 0.244 e. The summed E-state index contributed by atoms with van der Waals surface area (Å²) in [6, 6.07) is 2.68. The molecule has 22 heavy (non-hydrogen) atoms. The molecular weight excluding hydrogens is 304 g/mol. The summed E-state index contributed by atoms with van der Waals surface area (Å²) in [6.45, 7) is 2.87. The predicted molar refractivity (Wildman–Crippen MR) is 84.0 cm³/mol. The molecule has 0 aliphatic carbocycles. The number of likely N-dealkylation sites (N-methyl/N-ethyl adjacent to an activating group) is 1.